The number of hydrogen-bond acceptors (Lipinski definition) is 3. The topological polar surface area (TPSA) is 65.2 Å². The number of aryl methyl sites for hydroxylation is 1. The van der Waals surface area contributed by atoms with E-state index in [9.17, 15) is 4.79 Å². The molecule has 2 rings (SSSR count). The van der Waals surface area contributed by atoms with E-state index in [1.165, 1.54) is 7.11 Å². The first-order valence-electron chi connectivity index (χ1n) is 4.98. The predicted molar refractivity (Wildman–Crippen MR) is 56.0 cm³/mol. The van der Waals surface area contributed by atoms with Crippen molar-refractivity contribution in [2.75, 3.05) is 7.11 Å². The summed E-state index contributed by atoms with van der Waals surface area (Å²) in [5.41, 5.74) is 7.87. The Balaban J connectivity index is 2.61. The van der Waals surface area contributed by atoms with E-state index in [1.807, 2.05) is 6.92 Å². The summed E-state index contributed by atoms with van der Waals surface area (Å²) in [5, 5.41) is 0. The van der Waals surface area contributed by atoms with Gasteiger partial charge in [-0.15, -0.1) is 0 Å². The van der Waals surface area contributed by atoms with Crippen LogP contribution in [0.4, 0.5) is 0 Å². The van der Waals surface area contributed by atoms with Crippen LogP contribution in [0, 0.1) is 6.92 Å². The Labute approximate surface area is 88.4 Å². The molecule has 1 heterocycles. The Morgan fingerprint density at radius 1 is 1.60 bits per heavy atom. The summed E-state index contributed by atoms with van der Waals surface area (Å²) in [4.78, 5) is 15.5. The SMILES string of the molecule is COc1ncc(C)c(C2CC2)c1C(N)=O. The molecule has 0 atom stereocenters. The van der Waals surface area contributed by atoms with Crippen LogP contribution in [0.25, 0.3) is 0 Å². The zero-order chi connectivity index (χ0) is 11.0. The van der Waals surface area contributed by atoms with Gasteiger partial charge in [0.15, 0.2) is 0 Å². The van der Waals surface area contributed by atoms with Crippen molar-refractivity contribution in [3.05, 3.63) is 22.9 Å². The molecule has 0 aromatic carbocycles. The van der Waals surface area contributed by atoms with Crippen LogP contribution in [0.5, 0.6) is 5.88 Å². The molecule has 0 bridgehead atoms. The van der Waals surface area contributed by atoms with E-state index in [4.69, 9.17) is 10.5 Å². The van der Waals surface area contributed by atoms with Crippen LogP contribution in [0.15, 0.2) is 6.20 Å². The van der Waals surface area contributed by atoms with Crippen molar-refractivity contribution in [2.45, 2.75) is 25.7 Å². The standard InChI is InChI=1S/C11H14N2O2/c1-6-5-13-11(15-2)9(10(12)14)8(6)7-3-4-7/h5,7H,3-4H2,1-2H3,(H2,12,14). The summed E-state index contributed by atoms with van der Waals surface area (Å²) in [6, 6.07) is 0. The van der Waals surface area contributed by atoms with Gasteiger partial charge in [-0.3, -0.25) is 4.79 Å². The lowest BCUT2D eigenvalue weighted by Crippen LogP contribution is -2.16. The third kappa shape index (κ3) is 1.67. The number of carbonyl (C=O) groups is 1. The number of hydrogen-bond donors (Lipinski definition) is 1. The number of pyridine rings is 1. The Morgan fingerprint density at radius 3 is 2.73 bits per heavy atom. The lowest BCUT2D eigenvalue weighted by atomic mass is 10.00. The van der Waals surface area contributed by atoms with E-state index in [1.54, 1.807) is 6.20 Å². The number of nitrogens with zero attached hydrogens (tertiary/aromatic N) is 1. The minimum absolute atomic E-state index is 0.343. The van der Waals surface area contributed by atoms with Gasteiger partial charge in [-0.05, 0) is 36.8 Å². The van der Waals surface area contributed by atoms with Crippen molar-refractivity contribution in [1.82, 2.24) is 4.98 Å². The fraction of sp³-hybridized carbons (Fsp3) is 0.455. The highest BCUT2D eigenvalue weighted by molar-refractivity contribution is 5.97. The van der Waals surface area contributed by atoms with Crippen LogP contribution in [-0.2, 0) is 0 Å². The summed E-state index contributed by atoms with van der Waals surface area (Å²) in [6.07, 6.45) is 3.97. The first-order valence-corrected chi connectivity index (χ1v) is 4.98. The fourth-order valence-electron chi connectivity index (χ4n) is 1.89. The molecule has 1 aromatic heterocycles. The van der Waals surface area contributed by atoms with E-state index in [0.717, 1.165) is 24.0 Å². The summed E-state index contributed by atoms with van der Waals surface area (Å²) in [6.45, 7) is 1.95. The fourth-order valence-corrected chi connectivity index (χ4v) is 1.89. The molecule has 0 spiro atoms. The second-order valence-electron chi connectivity index (χ2n) is 3.88. The number of nitrogens with two attached hydrogens (primary N) is 1. The van der Waals surface area contributed by atoms with E-state index in [-0.39, 0.29) is 0 Å². The van der Waals surface area contributed by atoms with E-state index < -0.39 is 5.91 Å². The van der Waals surface area contributed by atoms with Gasteiger partial charge in [-0.25, -0.2) is 4.98 Å². The maximum Gasteiger partial charge on any atom is 0.254 e. The Bertz CT molecular complexity index is 411. The average Bonchev–Trinajstić information content (AvgIpc) is 3.00. The van der Waals surface area contributed by atoms with Crippen molar-refractivity contribution in [3.8, 4) is 5.88 Å². The molecule has 1 saturated carbocycles. The van der Waals surface area contributed by atoms with Crippen LogP contribution >= 0.6 is 0 Å². The number of amides is 1. The molecule has 1 aromatic rings. The van der Waals surface area contributed by atoms with Gasteiger partial charge in [-0.2, -0.15) is 0 Å². The predicted octanol–water partition coefficient (Wildman–Crippen LogP) is 1.37. The zero-order valence-electron chi connectivity index (χ0n) is 8.91. The molecule has 2 N–H and O–H groups in total. The van der Waals surface area contributed by atoms with Gasteiger partial charge in [0, 0.05) is 6.20 Å². The molecular formula is C11H14N2O2. The molecule has 80 valence electrons. The molecule has 4 heteroatoms. The van der Waals surface area contributed by atoms with Crippen molar-refractivity contribution in [1.29, 1.82) is 0 Å². The second-order valence-corrected chi connectivity index (χ2v) is 3.88. The first kappa shape index (κ1) is 9.96. The van der Waals surface area contributed by atoms with Crippen molar-refractivity contribution >= 4 is 5.91 Å². The molecule has 0 aliphatic heterocycles. The second kappa shape index (κ2) is 3.53. The maximum atomic E-state index is 11.4. The van der Waals surface area contributed by atoms with Crippen LogP contribution in [-0.4, -0.2) is 18.0 Å². The molecule has 15 heavy (non-hydrogen) atoms. The van der Waals surface area contributed by atoms with Gasteiger partial charge in [0.05, 0.1) is 7.11 Å². The quantitative estimate of drug-likeness (QED) is 0.812. The van der Waals surface area contributed by atoms with Crippen molar-refractivity contribution in [3.63, 3.8) is 0 Å². The third-order valence-corrected chi connectivity index (χ3v) is 2.71. The van der Waals surface area contributed by atoms with Crippen molar-refractivity contribution < 1.29 is 9.53 Å². The van der Waals surface area contributed by atoms with E-state index >= 15 is 0 Å². The number of primary amides is 1. The number of ether oxygens (including phenoxy) is 1. The van der Waals surface area contributed by atoms with Gasteiger partial charge >= 0.3 is 0 Å². The highest BCUT2D eigenvalue weighted by Crippen LogP contribution is 2.44. The van der Waals surface area contributed by atoms with E-state index in [2.05, 4.69) is 4.98 Å². The summed E-state index contributed by atoms with van der Waals surface area (Å²) in [5.74, 6) is 0.351. The number of carbonyl (C=O) groups excluding carboxylic acids is 1. The number of aromatic nitrogens is 1. The van der Waals surface area contributed by atoms with Gasteiger partial charge in [0.1, 0.15) is 5.56 Å². The Kier molecular flexibility index (Phi) is 2.34. The average molecular weight is 206 g/mol. The molecule has 4 nitrogen and oxygen atoms in total. The van der Waals surface area contributed by atoms with Crippen LogP contribution in [0.2, 0.25) is 0 Å². The molecular weight excluding hydrogens is 192 g/mol. The summed E-state index contributed by atoms with van der Waals surface area (Å²) >= 11 is 0. The van der Waals surface area contributed by atoms with Crippen molar-refractivity contribution in [2.24, 2.45) is 5.73 Å². The molecule has 1 aliphatic carbocycles. The smallest absolute Gasteiger partial charge is 0.254 e. The number of methoxy groups -OCH3 is 1. The summed E-state index contributed by atoms with van der Waals surface area (Å²) < 4.78 is 5.07. The molecule has 1 amide bonds. The zero-order valence-corrected chi connectivity index (χ0v) is 8.91. The molecule has 1 fully saturated rings. The molecule has 0 radical (unpaired) electrons. The van der Waals surface area contributed by atoms with Crippen LogP contribution in [0.3, 0.4) is 0 Å². The van der Waals surface area contributed by atoms with Gasteiger partial charge in [0.25, 0.3) is 5.91 Å². The van der Waals surface area contributed by atoms with Gasteiger partial charge in [0.2, 0.25) is 5.88 Å². The van der Waals surface area contributed by atoms with Gasteiger partial charge in [-0.1, -0.05) is 0 Å². The van der Waals surface area contributed by atoms with Crippen LogP contribution in [0.1, 0.15) is 40.2 Å². The summed E-state index contributed by atoms with van der Waals surface area (Å²) in [7, 11) is 1.50. The highest BCUT2D eigenvalue weighted by Gasteiger charge is 2.31. The maximum absolute atomic E-state index is 11.4. The van der Waals surface area contributed by atoms with Gasteiger partial charge < -0.3 is 10.5 Å². The monoisotopic (exact) mass is 206 g/mol. The first-order chi connectivity index (χ1) is 7.15. The molecule has 0 saturated heterocycles. The number of rotatable bonds is 3. The normalized spacial score (nSPS) is 15.1. The minimum atomic E-state index is -0.454. The Morgan fingerprint density at radius 2 is 2.27 bits per heavy atom. The lowest BCUT2D eigenvalue weighted by molar-refractivity contribution is 0.0995. The minimum Gasteiger partial charge on any atom is -0.480 e. The van der Waals surface area contributed by atoms with Crippen LogP contribution < -0.4 is 10.5 Å². The van der Waals surface area contributed by atoms with E-state index in [0.29, 0.717) is 17.4 Å². The third-order valence-electron chi connectivity index (χ3n) is 2.71. The molecule has 1 aliphatic rings. The lowest BCUT2D eigenvalue weighted by Gasteiger charge is -2.12. The Hall–Kier alpha value is -1.58. The highest BCUT2D eigenvalue weighted by atomic mass is 16.5. The molecule has 0 unspecified atom stereocenters. The largest absolute Gasteiger partial charge is 0.480 e.